The SMILES string of the molecule is COC1CCCN(CC2CCC(CNC3CC3)O2)C1. The van der Waals surface area contributed by atoms with Gasteiger partial charge in [0.05, 0.1) is 18.3 Å². The third-order valence-electron chi connectivity index (χ3n) is 4.66. The summed E-state index contributed by atoms with van der Waals surface area (Å²) in [6.45, 7) is 4.45. The van der Waals surface area contributed by atoms with Gasteiger partial charge in [0.1, 0.15) is 0 Å². The van der Waals surface area contributed by atoms with Crippen LogP contribution in [-0.2, 0) is 9.47 Å². The molecule has 0 aromatic heterocycles. The molecule has 1 saturated carbocycles. The van der Waals surface area contributed by atoms with E-state index in [-0.39, 0.29) is 0 Å². The van der Waals surface area contributed by atoms with Gasteiger partial charge in [-0.15, -0.1) is 0 Å². The van der Waals surface area contributed by atoms with Crippen LogP contribution >= 0.6 is 0 Å². The average Bonchev–Trinajstić information content (AvgIpc) is 3.17. The molecule has 2 heterocycles. The van der Waals surface area contributed by atoms with Gasteiger partial charge in [0.2, 0.25) is 0 Å². The predicted octanol–water partition coefficient (Wildman–Crippen LogP) is 1.40. The summed E-state index contributed by atoms with van der Waals surface area (Å²) in [5.41, 5.74) is 0. The highest BCUT2D eigenvalue weighted by Gasteiger charge is 2.30. The molecule has 3 fully saturated rings. The number of hydrogen-bond donors (Lipinski definition) is 1. The van der Waals surface area contributed by atoms with Crippen LogP contribution < -0.4 is 5.32 Å². The van der Waals surface area contributed by atoms with Crippen molar-refractivity contribution < 1.29 is 9.47 Å². The second kappa shape index (κ2) is 6.53. The van der Waals surface area contributed by atoms with Gasteiger partial charge in [-0.3, -0.25) is 4.90 Å². The highest BCUT2D eigenvalue weighted by atomic mass is 16.5. The molecule has 1 aliphatic carbocycles. The fraction of sp³-hybridized carbons (Fsp3) is 1.00. The summed E-state index contributed by atoms with van der Waals surface area (Å²) in [7, 11) is 1.83. The maximum atomic E-state index is 6.17. The van der Waals surface area contributed by atoms with Crippen molar-refractivity contribution in [3.05, 3.63) is 0 Å². The average molecular weight is 268 g/mol. The molecule has 3 atom stereocenters. The normalized spacial score (nSPS) is 36.8. The first-order valence-corrected chi connectivity index (χ1v) is 7.97. The van der Waals surface area contributed by atoms with E-state index in [1.54, 1.807) is 0 Å². The summed E-state index contributed by atoms with van der Waals surface area (Å²) >= 11 is 0. The summed E-state index contributed by atoms with van der Waals surface area (Å²) in [6, 6.07) is 0.798. The molecule has 0 bridgehead atoms. The minimum atomic E-state index is 0.433. The smallest absolute Gasteiger partial charge is 0.0707 e. The Morgan fingerprint density at radius 1 is 1.16 bits per heavy atom. The summed E-state index contributed by atoms with van der Waals surface area (Å²) in [5, 5.41) is 3.58. The van der Waals surface area contributed by atoms with Crippen molar-refractivity contribution in [2.45, 2.75) is 62.9 Å². The number of methoxy groups -OCH3 is 1. The van der Waals surface area contributed by atoms with Crippen LogP contribution in [-0.4, -0.2) is 62.5 Å². The molecule has 3 rings (SSSR count). The van der Waals surface area contributed by atoms with E-state index >= 15 is 0 Å². The van der Waals surface area contributed by atoms with Gasteiger partial charge in [-0.2, -0.15) is 0 Å². The van der Waals surface area contributed by atoms with Gasteiger partial charge in [0.15, 0.2) is 0 Å². The van der Waals surface area contributed by atoms with Crippen molar-refractivity contribution in [2.75, 3.05) is 33.3 Å². The number of rotatable bonds is 6. The summed E-state index contributed by atoms with van der Waals surface area (Å²) in [5.74, 6) is 0. The van der Waals surface area contributed by atoms with Crippen LogP contribution in [0.25, 0.3) is 0 Å². The standard InChI is InChI=1S/C15H28N2O2/c1-18-14-3-2-8-17(10-14)11-15-7-6-13(19-15)9-16-12-4-5-12/h12-16H,2-11H2,1H3. The second-order valence-corrected chi connectivity index (χ2v) is 6.40. The van der Waals surface area contributed by atoms with Crippen molar-refractivity contribution >= 4 is 0 Å². The first-order valence-electron chi connectivity index (χ1n) is 7.97. The molecule has 4 nitrogen and oxygen atoms in total. The number of hydrogen-bond acceptors (Lipinski definition) is 4. The number of likely N-dealkylation sites (tertiary alicyclic amines) is 1. The fourth-order valence-electron chi connectivity index (χ4n) is 3.31. The van der Waals surface area contributed by atoms with Gasteiger partial charge in [-0.1, -0.05) is 0 Å². The first-order chi connectivity index (χ1) is 9.33. The zero-order valence-corrected chi connectivity index (χ0v) is 12.1. The molecule has 4 heteroatoms. The minimum Gasteiger partial charge on any atom is -0.380 e. The van der Waals surface area contributed by atoms with E-state index in [0.717, 1.165) is 25.7 Å². The Morgan fingerprint density at radius 3 is 2.79 bits per heavy atom. The van der Waals surface area contributed by atoms with Crippen molar-refractivity contribution in [3.8, 4) is 0 Å². The van der Waals surface area contributed by atoms with Gasteiger partial charge in [-0.25, -0.2) is 0 Å². The van der Waals surface area contributed by atoms with E-state index in [9.17, 15) is 0 Å². The van der Waals surface area contributed by atoms with E-state index < -0.39 is 0 Å². The Bertz CT molecular complexity index is 283. The van der Waals surface area contributed by atoms with Crippen molar-refractivity contribution in [2.24, 2.45) is 0 Å². The molecule has 19 heavy (non-hydrogen) atoms. The van der Waals surface area contributed by atoms with E-state index in [0.29, 0.717) is 18.3 Å². The Morgan fingerprint density at radius 2 is 2.00 bits per heavy atom. The van der Waals surface area contributed by atoms with Crippen molar-refractivity contribution in [1.82, 2.24) is 10.2 Å². The molecule has 0 aromatic rings. The predicted molar refractivity (Wildman–Crippen MR) is 75.4 cm³/mol. The topological polar surface area (TPSA) is 33.7 Å². The molecule has 2 saturated heterocycles. The summed E-state index contributed by atoms with van der Waals surface area (Å²) < 4.78 is 11.7. The van der Waals surface area contributed by atoms with Crippen LogP contribution in [0.3, 0.4) is 0 Å². The zero-order chi connectivity index (χ0) is 13.1. The molecular weight excluding hydrogens is 240 g/mol. The molecule has 0 spiro atoms. The Hall–Kier alpha value is -0.160. The van der Waals surface area contributed by atoms with Gasteiger partial charge < -0.3 is 14.8 Å². The van der Waals surface area contributed by atoms with E-state index in [4.69, 9.17) is 9.47 Å². The van der Waals surface area contributed by atoms with E-state index in [1.807, 2.05) is 7.11 Å². The molecule has 0 amide bonds. The fourth-order valence-corrected chi connectivity index (χ4v) is 3.31. The Kier molecular flexibility index (Phi) is 4.74. The van der Waals surface area contributed by atoms with Crippen LogP contribution in [0.2, 0.25) is 0 Å². The summed E-state index contributed by atoms with van der Waals surface area (Å²) in [6.07, 6.45) is 8.99. The Labute approximate surface area is 116 Å². The van der Waals surface area contributed by atoms with E-state index in [2.05, 4.69) is 10.2 Å². The first kappa shape index (κ1) is 13.8. The molecule has 2 aliphatic heterocycles. The zero-order valence-electron chi connectivity index (χ0n) is 12.1. The lowest BCUT2D eigenvalue weighted by Crippen LogP contribution is -2.43. The number of nitrogens with zero attached hydrogens (tertiary/aromatic N) is 1. The quantitative estimate of drug-likeness (QED) is 0.789. The molecular formula is C15H28N2O2. The lowest BCUT2D eigenvalue weighted by Gasteiger charge is -2.33. The maximum Gasteiger partial charge on any atom is 0.0707 e. The van der Waals surface area contributed by atoms with Crippen LogP contribution in [0.4, 0.5) is 0 Å². The van der Waals surface area contributed by atoms with Crippen LogP contribution in [0.1, 0.15) is 38.5 Å². The number of piperidine rings is 1. The third-order valence-corrected chi connectivity index (χ3v) is 4.66. The molecule has 1 N–H and O–H groups in total. The lowest BCUT2D eigenvalue weighted by molar-refractivity contribution is -0.00978. The largest absolute Gasteiger partial charge is 0.380 e. The second-order valence-electron chi connectivity index (χ2n) is 6.40. The van der Waals surface area contributed by atoms with Gasteiger partial charge in [0.25, 0.3) is 0 Å². The highest BCUT2D eigenvalue weighted by molar-refractivity contribution is 4.85. The van der Waals surface area contributed by atoms with Crippen LogP contribution in [0, 0.1) is 0 Å². The molecule has 0 aromatic carbocycles. The van der Waals surface area contributed by atoms with Gasteiger partial charge in [0, 0.05) is 32.8 Å². The van der Waals surface area contributed by atoms with Crippen LogP contribution in [0.15, 0.2) is 0 Å². The summed E-state index contributed by atoms with van der Waals surface area (Å²) in [4.78, 5) is 2.53. The maximum absolute atomic E-state index is 6.17. The Balaban J connectivity index is 1.36. The van der Waals surface area contributed by atoms with E-state index in [1.165, 1.54) is 45.1 Å². The van der Waals surface area contributed by atoms with Gasteiger partial charge >= 0.3 is 0 Å². The highest BCUT2D eigenvalue weighted by Crippen LogP contribution is 2.24. The lowest BCUT2D eigenvalue weighted by atomic mass is 10.1. The van der Waals surface area contributed by atoms with Crippen LogP contribution in [0.5, 0.6) is 0 Å². The molecule has 3 unspecified atom stereocenters. The monoisotopic (exact) mass is 268 g/mol. The number of nitrogens with one attached hydrogen (secondary N) is 1. The molecule has 3 aliphatic rings. The van der Waals surface area contributed by atoms with Gasteiger partial charge in [-0.05, 0) is 45.1 Å². The number of ether oxygens (including phenoxy) is 2. The third kappa shape index (κ3) is 4.15. The van der Waals surface area contributed by atoms with Crippen molar-refractivity contribution in [3.63, 3.8) is 0 Å². The minimum absolute atomic E-state index is 0.433. The van der Waals surface area contributed by atoms with Crippen molar-refractivity contribution in [1.29, 1.82) is 0 Å². The molecule has 0 radical (unpaired) electrons. The molecule has 110 valence electrons.